The number of halogens is 1. The average Bonchev–Trinajstić information content (AvgIpc) is 2.49. The first-order chi connectivity index (χ1) is 10.2. The van der Waals surface area contributed by atoms with Gasteiger partial charge < -0.3 is 10.1 Å². The molecule has 0 radical (unpaired) electrons. The number of methoxy groups -OCH3 is 1. The first-order valence-electron chi connectivity index (χ1n) is 8.29. The molecule has 1 unspecified atom stereocenters. The van der Waals surface area contributed by atoms with Gasteiger partial charge in [0.25, 0.3) is 0 Å². The summed E-state index contributed by atoms with van der Waals surface area (Å²) < 4.78 is 5.22. The predicted octanol–water partition coefficient (Wildman–Crippen LogP) is 5.75. The number of rotatable bonds is 11. The molecule has 21 heavy (non-hydrogen) atoms. The molecule has 0 saturated heterocycles. The Labute approximate surface area is 135 Å². The van der Waals surface area contributed by atoms with E-state index in [9.17, 15) is 0 Å². The maximum atomic E-state index is 6.40. The number of nitrogens with one attached hydrogen (secondary N) is 1. The Hall–Kier alpha value is -0.730. The molecule has 0 aliphatic carbocycles. The molecule has 0 saturated carbocycles. The van der Waals surface area contributed by atoms with Gasteiger partial charge in [-0.3, -0.25) is 0 Å². The Morgan fingerprint density at radius 1 is 1.10 bits per heavy atom. The fourth-order valence-electron chi connectivity index (χ4n) is 2.66. The van der Waals surface area contributed by atoms with E-state index in [1.807, 2.05) is 12.1 Å². The fourth-order valence-corrected chi connectivity index (χ4v) is 2.96. The molecule has 0 bridgehead atoms. The number of hydrogen-bond donors (Lipinski definition) is 1. The normalized spacial score (nSPS) is 12.4. The highest BCUT2D eigenvalue weighted by atomic mass is 35.5. The first kappa shape index (κ1) is 18.3. The summed E-state index contributed by atoms with van der Waals surface area (Å²) in [5.41, 5.74) is 1.19. The van der Waals surface area contributed by atoms with Crippen molar-refractivity contribution in [2.24, 2.45) is 0 Å². The molecule has 1 aromatic carbocycles. The third-order valence-electron chi connectivity index (χ3n) is 3.88. The van der Waals surface area contributed by atoms with Crippen molar-refractivity contribution in [3.8, 4) is 5.75 Å². The lowest BCUT2D eigenvalue weighted by molar-refractivity contribution is 0.414. The molecular formula is C18H30ClNO. The summed E-state index contributed by atoms with van der Waals surface area (Å²) in [7, 11) is 1.67. The predicted molar refractivity (Wildman–Crippen MR) is 92.4 cm³/mol. The molecule has 3 heteroatoms. The molecule has 0 aliphatic heterocycles. The second kappa shape index (κ2) is 10.9. The van der Waals surface area contributed by atoms with Crippen molar-refractivity contribution >= 4 is 11.6 Å². The molecule has 1 N–H and O–H groups in total. The number of ether oxygens (including phenoxy) is 1. The maximum Gasteiger partial charge on any atom is 0.120 e. The van der Waals surface area contributed by atoms with Gasteiger partial charge in [0.2, 0.25) is 0 Å². The summed E-state index contributed by atoms with van der Waals surface area (Å²) in [4.78, 5) is 0. The Morgan fingerprint density at radius 2 is 1.81 bits per heavy atom. The summed E-state index contributed by atoms with van der Waals surface area (Å²) in [6.07, 6.45) is 9.10. The Balaban J connectivity index is 2.52. The van der Waals surface area contributed by atoms with Gasteiger partial charge in [0, 0.05) is 11.1 Å². The molecule has 0 spiro atoms. The van der Waals surface area contributed by atoms with Crippen LogP contribution in [0, 0.1) is 0 Å². The summed E-state index contributed by atoms with van der Waals surface area (Å²) >= 11 is 6.40. The summed E-state index contributed by atoms with van der Waals surface area (Å²) in [5.74, 6) is 0.818. The van der Waals surface area contributed by atoms with Crippen LogP contribution in [0.4, 0.5) is 0 Å². The molecule has 1 atom stereocenters. The van der Waals surface area contributed by atoms with Crippen LogP contribution in [-0.4, -0.2) is 13.7 Å². The van der Waals surface area contributed by atoms with Crippen LogP contribution in [0.5, 0.6) is 5.75 Å². The molecular weight excluding hydrogens is 282 g/mol. The largest absolute Gasteiger partial charge is 0.497 e. The van der Waals surface area contributed by atoms with Crippen molar-refractivity contribution in [2.45, 2.75) is 64.8 Å². The van der Waals surface area contributed by atoms with Crippen molar-refractivity contribution in [3.63, 3.8) is 0 Å². The fraction of sp³-hybridized carbons (Fsp3) is 0.667. The van der Waals surface area contributed by atoms with E-state index in [4.69, 9.17) is 16.3 Å². The minimum atomic E-state index is 0.347. The van der Waals surface area contributed by atoms with E-state index in [1.165, 1.54) is 44.1 Å². The molecule has 1 rings (SSSR count). The minimum Gasteiger partial charge on any atom is -0.497 e. The van der Waals surface area contributed by atoms with Crippen LogP contribution in [0.1, 0.15) is 70.4 Å². The zero-order valence-electron chi connectivity index (χ0n) is 13.8. The van der Waals surface area contributed by atoms with Crippen LogP contribution in [0.2, 0.25) is 5.02 Å². The Bertz CT molecular complexity index is 395. The van der Waals surface area contributed by atoms with Crippen molar-refractivity contribution in [1.82, 2.24) is 5.32 Å². The highest BCUT2D eigenvalue weighted by Gasteiger charge is 2.14. The van der Waals surface area contributed by atoms with Crippen molar-refractivity contribution in [2.75, 3.05) is 13.7 Å². The smallest absolute Gasteiger partial charge is 0.120 e. The molecule has 120 valence electrons. The Kier molecular flexibility index (Phi) is 9.53. The maximum absolute atomic E-state index is 6.40. The summed E-state index contributed by atoms with van der Waals surface area (Å²) in [6.45, 7) is 5.36. The zero-order chi connectivity index (χ0) is 15.5. The third-order valence-corrected chi connectivity index (χ3v) is 4.21. The van der Waals surface area contributed by atoms with Gasteiger partial charge in [0.05, 0.1) is 7.11 Å². The van der Waals surface area contributed by atoms with Crippen LogP contribution < -0.4 is 10.1 Å². The third kappa shape index (κ3) is 6.71. The van der Waals surface area contributed by atoms with Crippen LogP contribution >= 0.6 is 11.6 Å². The molecule has 0 amide bonds. The monoisotopic (exact) mass is 311 g/mol. The van der Waals surface area contributed by atoms with Crippen molar-refractivity contribution < 1.29 is 4.74 Å². The molecule has 0 heterocycles. The highest BCUT2D eigenvalue weighted by Crippen LogP contribution is 2.30. The van der Waals surface area contributed by atoms with Crippen LogP contribution in [-0.2, 0) is 0 Å². The van der Waals surface area contributed by atoms with Crippen molar-refractivity contribution in [1.29, 1.82) is 0 Å². The topological polar surface area (TPSA) is 21.3 Å². The molecule has 0 aromatic heterocycles. The standard InChI is InChI=1S/C18H30ClNO/c1-4-6-7-8-9-10-11-18(20-5-2)16-13-12-15(21-3)14-17(16)19/h12-14,18,20H,4-11H2,1-3H3. The first-order valence-corrected chi connectivity index (χ1v) is 8.67. The van der Waals surface area contributed by atoms with Crippen LogP contribution in [0.3, 0.4) is 0 Å². The minimum absolute atomic E-state index is 0.347. The van der Waals surface area contributed by atoms with E-state index in [-0.39, 0.29) is 0 Å². The molecule has 1 aromatic rings. The lowest BCUT2D eigenvalue weighted by Gasteiger charge is -2.20. The number of unbranched alkanes of at least 4 members (excludes halogenated alkanes) is 5. The van der Waals surface area contributed by atoms with Gasteiger partial charge in [-0.2, -0.15) is 0 Å². The van der Waals surface area contributed by atoms with Crippen LogP contribution in [0.25, 0.3) is 0 Å². The van der Waals surface area contributed by atoms with Gasteiger partial charge in [-0.15, -0.1) is 0 Å². The van der Waals surface area contributed by atoms with E-state index in [2.05, 4.69) is 25.2 Å². The molecule has 2 nitrogen and oxygen atoms in total. The van der Waals surface area contributed by atoms with E-state index < -0.39 is 0 Å². The molecule has 0 fully saturated rings. The van der Waals surface area contributed by atoms with Crippen molar-refractivity contribution in [3.05, 3.63) is 28.8 Å². The van der Waals surface area contributed by atoms with Gasteiger partial charge >= 0.3 is 0 Å². The quantitative estimate of drug-likeness (QED) is 0.525. The lowest BCUT2D eigenvalue weighted by atomic mass is 9.99. The number of benzene rings is 1. The molecule has 0 aliphatic rings. The summed E-state index contributed by atoms with van der Waals surface area (Å²) in [5, 5.41) is 4.35. The van der Waals surface area contributed by atoms with E-state index in [1.54, 1.807) is 7.11 Å². The van der Waals surface area contributed by atoms with Gasteiger partial charge in [-0.05, 0) is 30.7 Å². The van der Waals surface area contributed by atoms with Gasteiger partial charge in [0.1, 0.15) is 5.75 Å². The zero-order valence-corrected chi connectivity index (χ0v) is 14.5. The van der Waals surface area contributed by atoms with Gasteiger partial charge in [0.15, 0.2) is 0 Å². The van der Waals surface area contributed by atoms with Gasteiger partial charge in [-0.1, -0.05) is 70.0 Å². The number of hydrogen-bond acceptors (Lipinski definition) is 2. The second-order valence-electron chi connectivity index (χ2n) is 5.55. The SMILES string of the molecule is CCCCCCCCC(NCC)c1ccc(OC)cc1Cl. The lowest BCUT2D eigenvalue weighted by Crippen LogP contribution is -2.21. The van der Waals surface area contributed by atoms with E-state index in [0.717, 1.165) is 23.7 Å². The highest BCUT2D eigenvalue weighted by molar-refractivity contribution is 6.31. The summed E-state index contributed by atoms with van der Waals surface area (Å²) in [6, 6.07) is 6.33. The van der Waals surface area contributed by atoms with E-state index >= 15 is 0 Å². The second-order valence-corrected chi connectivity index (χ2v) is 5.96. The van der Waals surface area contributed by atoms with E-state index in [0.29, 0.717) is 6.04 Å². The van der Waals surface area contributed by atoms with Crippen LogP contribution in [0.15, 0.2) is 18.2 Å². The Morgan fingerprint density at radius 3 is 2.43 bits per heavy atom. The van der Waals surface area contributed by atoms with Gasteiger partial charge in [-0.25, -0.2) is 0 Å². The average molecular weight is 312 g/mol.